The first-order valence-electron chi connectivity index (χ1n) is 31.7. The second-order valence-electron chi connectivity index (χ2n) is 20.5. The topological polar surface area (TPSA) is 78.9 Å². The minimum absolute atomic E-state index is 0.0967. The quantitative estimate of drug-likeness (QED) is 0.0261. The molecule has 0 amide bonds. The molecule has 0 saturated heterocycles. The summed E-state index contributed by atoms with van der Waals surface area (Å²) in [5.74, 6) is -0.941. The standard InChI is InChI=1S/C71H116O6/c1-4-7-10-13-16-19-22-25-26-27-28-29-30-31-32-33-34-35-36-37-38-39-40-41-42-43-44-47-49-52-55-58-61-64-70(73)76-67-68(77-71(74)65-62-59-56-53-50-46-24-21-18-15-12-9-6-3)66-75-69(72)63-60-57-54-51-48-45-23-20-17-14-11-8-5-2/h7,9-12,14,16,18-21,23,25-26,28-29,31-32,34-35,46,50,68H,4-6,8,13,15,17,22,24,27,30,33,36-45,47-49,51-67H2,1-3H3/b10-7-,12-9-,14-11-,19-16-,21-18-,23-20-,26-25-,29-28-,32-31-,35-34-,50-46-. The summed E-state index contributed by atoms with van der Waals surface area (Å²) in [5, 5.41) is 0. The number of unbranched alkanes of at least 4 members (excludes halogenated alkanes) is 23. The van der Waals surface area contributed by atoms with Crippen LogP contribution in [0.5, 0.6) is 0 Å². The number of carbonyl (C=O) groups excluding carboxylic acids is 3. The summed E-state index contributed by atoms with van der Waals surface area (Å²) in [6, 6.07) is 0. The van der Waals surface area contributed by atoms with Crippen LogP contribution in [0.3, 0.4) is 0 Å². The lowest BCUT2D eigenvalue weighted by Crippen LogP contribution is -2.30. The highest BCUT2D eigenvalue weighted by atomic mass is 16.6. The van der Waals surface area contributed by atoms with Crippen LogP contribution in [0.25, 0.3) is 0 Å². The molecular weight excluding hydrogens is 949 g/mol. The molecule has 0 aromatic carbocycles. The van der Waals surface area contributed by atoms with Gasteiger partial charge in [0.25, 0.3) is 0 Å². The predicted molar refractivity (Wildman–Crippen MR) is 334 cm³/mol. The van der Waals surface area contributed by atoms with E-state index in [1.54, 1.807) is 0 Å². The van der Waals surface area contributed by atoms with E-state index in [-0.39, 0.29) is 37.5 Å². The fraction of sp³-hybridized carbons (Fsp3) is 0.648. The van der Waals surface area contributed by atoms with Crippen LogP contribution in [0.15, 0.2) is 134 Å². The number of esters is 3. The number of ether oxygens (including phenoxy) is 3. The summed E-state index contributed by atoms with van der Waals surface area (Å²) in [5.41, 5.74) is 0. The van der Waals surface area contributed by atoms with Gasteiger partial charge in [0.15, 0.2) is 6.10 Å². The maximum Gasteiger partial charge on any atom is 0.306 e. The van der Waals surface area contributed by atoms with Crippen molar-refractivity contribution < 1.29 is 28.6 Å². The van der Waals surface area contributed by atoms with E-state index in [1.165, 1.54) is 83.5 Å². The molecule has 0 aromatic heterocycles. The Morgan fingerprint density at radius 3 is 0.805 bits per heavy atom. The highest BCUT2D eigenvalue weighted by molar-refractivity contribution is 5.71. The van der Waals surface area contributed by atoms with Gasteiger partial charge < -0.3 is 14.2 Å². The maximum atomic E-state index is 12.8. The Morgan fingerprint density at radius 2 is 0.506 bits per heavy atom. The van der Waals surface area contributed by atoms with Gasteiger partial charge in [0.1, 0.15) is 13.2 Å². The van der Waals surface area contributed by atoms with E-state index < -0.39 is 6.10 Å². The van der Waals surface area contributed by atoms with E-state index in [4.69, 9.17) is 14.2 Å². The molecule has 0 heterocycles. The normalized spacial score (nSPS) is 13.0. The first-order chi connectivity index (χ1) is 38.0. The largest absolute Gasteiger partial charge is 0.462 e. The fourth-order valence-corrected chi connectivity index (χ4v) is 8.44. The predicted octanol–water partition coefficient (Wildman–Crippen LogP) is 21.8. The molecule has 0 N–H and O–H groups in total. The van der Waals surface area contributed by atoms with Crippen molar-refractivity contribution in [3.8, 4) is 0 Å². The highest BCUT2D eigenvalue weighted by Crippen LogP contribution is 2.16. The van der Waals surface area contributed by atoms with E-state index in [2.05, 4.69) is 154 Å². The fourth-order valence-electron chi connectivity index (χ4n) is 8.44. The summed E-state index contributed by atoms with van der Waals surface area (Å²) in [6.07, 6.45) is 90.5. The molecule has 0 spiro atoms. The van der Waals surface area contributed by atoms with E-state index in [9.17, 15) is 14.4 Å². The summed E-state index contributed by atoms with van der Waals surface area (Å²) in [6.45, 7) is 6.31. The SMILES string of the molecule is CC/C=C\C/C=C\C/C=C\C/C=C\C/C=C\C/C=C\CCCCCCCCCCCCCCCCC(=O)OCC(COC(=O)CCCCCCC/C=C\C/C=C\CCC)OC(=O)CCCCC/C=C\C/C=C\C/C=C\CC. The second kappa shape index (κ2) is 64.1. The summed E-state index contributed by atoms with van der Waals surface area (Å²) in [4.78, 5) is 38.2. The minimum atomic E-state index is -0.802. The van der Waals surface area contributed by atoms with Crippen LogP contribution in [-0.4, -0.2) is 37.2 Å². The molecule has 0 aliphatic heterocycles. The molecule has 0 radical (unpaired) electrons. The van der Waals surface area contributed by atoms with Gasteiger partial charge in [-0.25, -0.2) is 0 Å². The van der Waals surface area contributed by atoms with Crippen molar-refractivity contribution in [2.75, 3.05) is 13.2 Å². The molecule has 0 rings (SSSR count). The molecule has 0 aromatic rings. The lowest BCUT2D eigenvalue weighted by Gasteiger charge is -2.18. The van der Waals surface area contributed by atoms with Gasteiger partial charge in [-0.2, -0.15) is 0 Å². The zero-order valence-electron chi connectivity index (χ0n) is 49.9. The zero-order chi connectivity index (χ0) is 55.7. The van der Waals surface area contributed by atoms with E-state index in [0.29, 0.717) is 12.8 Å². The van der Waals surface area contributed by atoms with Crippen molar-refractivity contribution in [3.63, 3.8) is 0 Å². The Bertz CT molecular complexity index is 1650. The third kappa shape index (κ3) is 62.3. The molecule has 6 heteroatoms. The first kappa shape index (κ1) is 72.5. The maximum absolute atomic E-state index is 12.8. The number of rotatable bonds is 56. The van der Waals surface area contributed by atoms with Crippen LogP contribution in [0.1, 0.15) is 278 Å². The average Bonchev–Trinajstić information content (AvgIpc) is 3.43. The van der Waals surface area contributed by atoms with Crippen molar-refractivity contribution in [1.82, 2.24) is 0 Å². The molecule has 77 heavy (non-hydrogen) atoms. The molecule has 0 bridgehead atoms. The zero-order valence-corrected chi connectivity index (χ0v) is 49.9. The average molecular weight is 1070 g/mol. The van der Waals surface area contributed by atoms with E-state index >= 15 is 0 Å². The van der Waals surface area contributed by atoms with E-state index in [0.717, 1.165) is 154 Å². The Morgan fingerprint density at radius 1 is 0.273 bits per heavy atom. The van der Waals surface area contributed by atoms with Crippen molar-refractivity contribution in [2.45, 2.75) is 284 Å². The Balaban J connectivity index is 4.19. The molecule has 0 aliphatic carbocycles. The number of hydrogen-bond donors (Lipinski definition) is 0. The smallest absolute Gasteiger partial charge is 0.306 e. The third-order valence-electron chi connectivity index (χ3n) is 13.1. The van der Waals surface area contributed by atoms with Gasteiger partial charge in [0.05, 0.1) is 0 Å². The molecule has 0 aliphatic rings. The van der Waals surface area contributed by atoms with Crippen molar-refractivity contribution in [1.29, 1.82) is 0 Å². The highest BCUT2D eigenvalue weighted by Gasteiger charge is 2.19. The van der Waals surface area contributed by atoms with Crippen LogP contribution >= 0.6 is 0 Å². The summed E-state index contributed by atoms with van der Waals surface area (Å²) >= 11 is 0. The molecule has 436 valence electrons. The lowest BCUT2D eigenvalue weighted by molar-refractivity contribution is -0.167. The number of hydrogen-bond acceptors (Lipinski definition) is 6. The molecule has 6 nitrogen and oxygen atoms in total. The van der Waals surface area contributed by atoms with Crippen LogP contribution in [0.2, 0.25) is 0 Å². The Kier molecular flexibility index (Phi) is 60.4. The van der Waals surface area contributed by atoms with E-state index in [1.807, 2.05) is 0 Å². The van der Waals surface area contributed by atoms with Crippen LogP contribution in [0, 0.1) is 0 Å². The first-order valence-corrected chi connectivity index (χ1v) is 31.7. The Hall–Kier alpha value is -4.45. The summed E-state index contributed by atoms with van der Waals surface area (Å²) < 4.78 is 16.8. The van der Waals surface area contributed by atoms with Gasteiger partial charge in [0, 0.05) is 19.3 Å². The van der Waals surface area contributed by atoms with Crippen LogP contribution in [0.4, 0.5) is 0 Å². The van der Waals surface area contributed by atoms with Gasteiger partial charge in [-0.3, -0.25) is 14.4 Å². The summed E-state index contributed by atoms with van der Waals surface area (Å²) in [7, 11) is 0. The minimum Gasteiger partial charge on any atom is -0.462 e. The van der Waals surface area contributed by atoms with Gasteiger partial charge in [0.2, 0.25) is 0 Å². The Labute approximate surface area is 475 Å². The van der Waals surface area contributed by atoms with Gasteiger partial charge in [-0.15, -0.1) is 0 Å². The number of carbonyl (C=O) groups is 3. The van der Waals surface area contributed by atoms with Gasteiger partial charge in [-0.05, 0) is 128 Å². The van der Waals surface area contributed by atoms with Gasteiger partial charge >= 0.3 is 17.9 Å². The monoisotopic (exact) mass is 1060 g/mol. The van der Waals surface area contributed by atoms with Crippen molar-refractivity contribution in [3.05, 3.63) is 134 Å². The van der Waals surface area contributed by atoms with Crippen molar-refractivity contribution >= 4 is 17.9 Å². The second-order valence-corrected chi connectivity index (χ2v) is 20.5. The third-order valence-corrected chi connectivity index (χ3v) is 13.1. The lowest BCUT2D eigenvalue weighted by atomic mass is 10.0. The van der Waals surface area contributed by atoms with Crippen molar-refractivity contribution in [2.24, 2.45) is 0 Å². The number of allylic oxidation sites excluding steroid dienone is 22. The van der Waals surface area contributed by atoms with Crippen LogP contribution < -0.4 is 0 Å². The molecule has 1 unspecified atom stereocenters. The van der Waals surface area contributed by atoms with Gasteiger partial charge in [-0.1, -0.05) is 264 Å². The molecule has 1 atom stereocenters. The van der Waals surface area contributed by atoms with Crippen LogP contribution in [-0.2, 0) is 28.6 Å². The molecule has 0 saturated carbocycles. The molecule has 0 fully saturated rings. The molecular formula is C71H116O6.